The molecule has 20 heavy (non-hydrogen) atoms. The van der Waals surface area contributed by atoms with Gasteiger partial charge in [-0.15, -0.1) is 11.8 Å². The lowest BCUT2D eigenvalue weighted by Crippen LogP contribution is -1.95. The number of benzene rings is 2. The molecule has 0 fully saturated rings. The molecule has 2 aromatic rings. The Labute approximate surface area is 121 Å². The SMILES string of the molecule is Cc1cc(C#N)ccc1CSc1cccc(C(=O)O)c1. The summed E-state index contributed by atoms with van der Waals surface area (Å²) in [6.07, 6.45) is 0. The highest BCUT2D eigenvalue weighted by Gasteiger charge is 2.05. The summed E-state index contributed by atoms with van der Waals surface area (Å²) < 4.78 is 0. The summed E-state index contributed by atoms with van der Waals surface area (Å²) in [6.45, 7) is 1.98. The summed E-state index contributed by atoms with van der Waals surface area (Å²) >= 11 is 1.59. The molecule has 0 radical (unpaired) electrons. The van der Waals surface area contributed by atoms with E-state index in [4.69, 9.17) is 10.4 Å². The number of carboxylic acids is 1. The third-order valence-corrected chi connectivity index (χ3v) is 3.99. The molecule has 2 aromatic carbocycles. The standard InChI is InChI=1S/C16H13NO2S/c1-11-7-12(9-17)5-6-14(11)10-20-15-4-2-3-13(8-15)16(18)19/h2-8H,10H2,1H3,(H,18,19). The van der Waals surface area contributed by atoms with E-state index in [0.29, 0.717) is 11.1 Å². The van der Waals surface area contributed by atoms with Gasteiger partial charge in [-0.05, 0) is 48.4 Å². The minimum atomic E-state index is -0.915. The van der Waals surface area contributed by atoms with Gasteiger partial charge in [0.05, 0.1) is 17.2 Å². The largest absolute Gasteiger partial charge is 0.478 e. The highest BCUT2D eigenvalue weighted by molar-refractivity contribution is 7.98. The Morgan fingerprint density at radius 1 is 1.30 bits per heavy atom. The van der Waals surface area contributed by atoms with E-state index in [1.807, 2.05) is 25.1 Å². The Bertz CT molecular complexity index is 689. The molecule has 0 heterocycles. The van der Waals surface area contributed by atoms with Gasteiger partial charge in [0.25, 0.3) is 0 Å². The molecule has 0 aliphatic carbocycles. The van der Waals surface area contributed by atoms with Gasteiger partial charge in [0, 0.05) is 10.6 Å². The molecule has 0 saturated heterocycles. The first-order valence-corrected chi connectivity index (χ1v) is 7.04. The van der Waals surface area contributed by atoms with Crippen molar-refractivity contribution in [3.05, 3.63) is 64.7 Å². The predicted octanol–water partition coefficient (Wildman–Crippen LogP) is 3.86. The van der Waals surface area contributed by atoms with Gasteiger partial charge in [-0.1, -0.05) is 12.1 Å². The number of aryl methyl sites for hydroxylation is 1. The fourth-order valence-corrected chi connectivity index (χ4v) is 2.84. The van der Waals surface area contributed by atoms with Crippen molar-refractivity contribution in [3.63, 3.8) is 0 Å². The van der Waals surface area contributed by atoms with Crippen LogP contribution in [0.3, 0.4) is 0 Å². The van der Waals surface area contributed by atoms with Crippen LogP contribution >= 0.6 is 11.8 Å². The van der Waals surface area contributed by atoms with Crippen LogP contribution in [0.1, 0.15) is 27.0 Å². The molecule has 3 nitrogen and oxygen atoms in total. The molecular weight excluding hydrogens is 270 g/mol. The van der Waals surface area contributed by atoms with E-state index in [1.165, 1.54) is 0 Å². The van der Waals surface area contributed by atoms with E-state index in [2.05, 4.69) is 6.07 Å². The molecule has 0 bridgehead atoms. The van der Waals surface area contributed by atoms with Crippen LogP contribution < -0.4 is 0 Å². The van der Waals surface area contributed by atoms with Crippen LogP contribution in [0.5, 0.6) is 0 Å². The van der Waals surface area contributed by atoms with E-state index < -0.39 is 5.97 Å². The van der Waals surface area contributed by atoms with Gasteiger partial charge in [0.2, 0.25) is 0 Å². The van der Waals surface area contributed by atoms with Crippen molar-refractivity contribution in [2.24, 2.45) is 0 Å². The maximum atomic E-state index is 10.9. The number of nitrogens with zero attached hydrogens (tertiary/aromatic N) is 1. The lowest BCUT2D eigenvalue weighted by Gasteiger charge is -2.06. The van der Waals surface area contributed by atoms with Crippen LogP contribution in [0.25, 0.3) is 0 Å². The van der Waals surface area contributed by atoms with Gasteiger partial charge in [-0.2, -0.15) is 5.26 Å². The zero-order chi connectivity index (χ0) is 14.5. The number of aromatic carboxylic acids is 1. The summed E-state index contributed by atoms with van der Waals surface area (Å²) in [7, 11) is 0. The summed E-state index contributed by atoms with van der Waals surface area (Å²) in [5, 5.41) is 17.8. The second-order valence-corrected chi connectivity index (χ2v) is 5.42. The van der Waals surface area contributed by atoms with Crippen LogP contribution in [-0.4, -0.2) is 11.1 Å². The van der Waals surface area contributed by atoms with Gasteiger partial charge in [-0.25, -0.2) is 4.79 Å². The molecule has 0 aliphatic heterocycles. The summed E-state index contributed by atoms with van der Waals surface area (Å²) in [4.78, 5) is 11.8. The third-order valence-electron chi connectivity index (χ3n) is 2.95. The third kappa shape index (κ3) is 3.40. The van der Waals surface area contributed by atoms with Gasteiger partial charge < -0.3 is 5.11 Å². The van der Waals surface area contributed by atoms with Crippen molar-refractivity contribution in [3.8, 4) is 6.07 Å². The van der Waals surface area contributed by atoms with E-state index in [1.54, 1.807) is 36.0 Å². The Hall–Kier alpha value is -2.25. The van der Waals surface area contributed by atoms with Gasteiger partial charge in [0.15, 0.2) is 0 Å². The Kier molecular flexibility index (Phi) is 4.44. The minimum Gasteiger partial charge on any atom is -0.478 e. The van der Waals surface area contributed by atoms with Crippen molar-refractivity contribution < 1.29 is 9.90 Å². The smallest absolute Gasteiger partial charge is 0.335 e. The van der Waals surface area contributed by atoms with Crippen LogP contribution in [0.15, 0.2) is 47.4 Å². The van der Waals surface area contributed by atoms with Crippen LogP contribution in [0.2, 0.25) is 0 Å². The van der Waals surface area contributed by atoms with Crippen molar-refractivity contribution in [2.75, 3.05) is 0 Å². The van der Waals surface area contributed by atoms with E-state index in [-0.39, 0.29) is 0 Å². The van der Waals surface area contributed by atoms with Crippen LogP contribution in [0.4, 0.5) is 0 Å². The van der Waals surface area contributed by atoms with E-state index >= 15 is 0 Å². The first-order chi connectivity index (χ1) is 9.60. The lowest BCUT2D eigenvalue weighted by molar-refractivity contribution is 0.0696. The van der Waals surface area contributed by atoms with Gasteiger partial charge >= 0.3 is 5.97 Å². The average molecular weight is 283 g/mol. The monoisotopic (exact) mass is 283 g/mol. The molecule has 0 unspecified atom stereocenters. The molecule has 0 saturated carbocycles. The Morgan fingerprint density at radius 2 is 2.10 bits per heavy atom. The maximum absolute atomic E-state index is 10.9. The Balaban J connectivity index is 2.11. The van der Waals surface area contributed by atoms with Gasteiger partial charge in [0.1, 0.15) is 0 Å². The maximum Gasteiger partial charge on any atom is 0.335 e. The molecule has 0 aromatic heterocycles. The molecule has 0 aliphatic rings. The number of nitriles is 1. The molecular formula is C16H13NO2S. The van der Waals surface area contributed by atoms with E-state index in [9.17, 15) is 4.79 Å². The number of carboxylic acid groups (broad SMARTS) is 1. The number of carbonyl (C=O) groups is 1. The first kappa shape index (κ1) is 14.2. The lowest BCUT2D eigenvalue weighted by atomic mass is 10.1. The zero-order valence-electron chi connectivity index (χ0n) is 11.0. The summed E-state index contributed by atoms with van der Waals surface area (Å²) in [6, 6.07) is 14.6. The second-order valence-electron chi connectivity index (χ2n) is 4.37. The van der Waals surface area contributed by atoms with Crippen LogP contribution in [0, 0.1) is 18.3 Å². The quantitative estimate of drug-likeness (QED) is 0.866. The van der Waals surface area contributed by atoms with Crippen molar-refractivity contribution >= 4 is 17.7 Å². The average Bonchev–Trinajstić information content (AvgIpc) is 2.46. The second kappa shape index (κ2) is 6.27. The fourth-order valence-electron chi connectivity index (χ4n) is 1.81. The highest BCUT2D eigenvalue weighted by atomic mass is 32.2. The fraction of sp³-hybridized carbons (Fsp3) is 0.125. The summed E-state index contributed by atoms with van der Waals surface area (Å²) in [5.74, 6) is -0.164. The number of hydrogen-bond donors (Lipinski definition) is 1. The number of rotatable bonds is 4. The summed E-state index contributed by atoms with van der Waals surface area (Å²) in [5.41, 5.74) is 3.18. The van der Waals surface area contributed by atoms with Crippen molar-refractivity contribution in [1.82, 2.24) is 0 Å². The molecule has 0 spiro atoms. The normalized spacial score (nSPS) is 10.0. The number of thioether (sulfide) groups is 1. The minimum absolute atomic E-state index is 0.298. The van der Waals surface area contributed by atoms with Crippen LogP contribution in [-0.2, 0) is 5.75 Å². The number of hydrogen-bond acceptors (Lipinski definition) is 3. The molecule has 0 amide bonds. The molecule has 0 atom stereocenters. The topological polar surface area (TPSA) is 61.1 Å². The van der Waals surface area contributed by atoms with Crippen molar-refractivity contribution in [1.29, 1.82) is 5.26 Å². The zero-order valence-corrected chi connectivity index (χ0v) is 11.8. The predicted molar refractivity (Wildman–Crippen MR) is 78.9 cm³/mol. The van der Waals surface area contributed by atoms with E-state index in [0.717, 1.165) is 21.8 Å². The first-order valence-electron chi connectivity index (χ1n) is 6.06. The molecule has 4 heteroatoms. The molecule has 100 valence electrons. The molecule has 1 N–H and O–H groups in total. The highest BCUT2D eigenvalue weighted by Crippen LogP contribution is 2.25. The Morgan fingerprint density at radius 3 is 2.75 bits per heavy atom. The van der Waals surface area contributed by atoms with Gasteiger partial charge in [-0.3, -0.25) is 0 Å². The molecule has 2 rings (SSSR count). The van der Waals surface area contributed by atoms with Crippen molar-refractivity contribution in [2.45, 2.75) is 17.6 Å².